The maximum atomic E-state index is 11.4. The van der Waals surface area contributed by atoms with Gasteiger partial charge in [-0.25, -0.2) is 4.79 Å². The third kappa shape index (κ3) is 3.27. The molecule has 1 N–H and O–H groups in total. The van der Waals surface area contributed by atoms with Crippen LogP contribution in [-0.4, -0.2) is 28.7 Å². The number of benzene rings is 2. The Labute approximate surface area is 150 Å². The number of nitro groups is 1. The first-order valence-electron chi connectivity index (χ1n) is 7.98. The lowest BCUT2D eigenvalue weighted by molar-refractivity contribution is -0.384. The molecule has 0 aliphatic heterocycles. The van der Waals surface area contributed by atoms with Crippen molar-refractivity contribution in [2.45, 2.75) is 12.0 Å². The van der Waals surface area contributed by atoms with Crippen molar-refractivity contribution in [3.63, 3.8) is 0 Å². The van der Waals surface area contributed by atoms with E-state index in [1.165, 1.54) is 19.2 Å². The fourth-order valence-corrected chi connectivity index (χ4v) is 2.91. The molecular formula is C20H17NO5. The average Bonchev–Trinajstić information content (AvgIpc) is 2.68. The molecular weight excluding hydrogens is 334 g/mol. The Balaban J connectivity index is 1.92. The van der Waals surface area contributed by atoms with Crippen LogP contribution in [0.3, 0.4) is 0 Å². The largest absolute Gasteiger partial charge is 0.479 e. The van der Waals surface area contributed by atoms with Crippen molar-refractivity contribution in [3.05, 3.63) is 82.4 Å². The molecule has 0 amide bonds. The van der Waals surface area contributed by atoms with Gasteiger partial charge in [0.2, 0.25) is 0 Å². The van der Waals surface area contributed by atoms with Crippen molar-refractivity contribution in [2.75, 3.05) is 7.11 Å². The second-order valence-electron chi connectivity index (χ2n) is 5.98. The minimum absolute atomic E-state index is 0.0380. The molecule has 0 spiro atoms. The molecule has 1 unspecified atom stereocenters. The van der Waals surface area contributed by atoms with Gasteiger partial charge in [0.15, 0.2) is 5.60 Å². The Hall–Kier alpha value is -3.25. The lowest BCUT2D eigenvalue weighted by atomic mass is 9.88. The van der Waals surface area contributed by atoms with E-state index >= 15 is 0 Å². The first-order valence-corrected chi connectivity index (χ1v) is 7.98. The van der Waals surface area contributed by atoms with Gasteiger partial charge in [-0.3, -0.25) is 10.1 Å². The predicted octanol–water partition coefficient (Wildman–Crippen LogP) is 4.07. The van der Waals surface area contributed by atoms with Crippen molar-refractivity contribution in [1.82, 2.24) is 0 Å². The highest BCUT2D eigenvalue weighted by molar-refractivity contribution is 5.86. The highest BCUT2D eigenvalue weighted by atomic mass is 16.6. The number of carboxylic acids is 1. The zero-order valence-corrected chi connectivity index (χ0v) is 14.1. The van der Waals surface area contributed by atoms with E-state index in [0.717, 1.165) is 22.3 Å². The minimum atomic E-state index is -1.33. The molecule has 132 valence electrons. The van der Waals surface area contributed by atoms with E-state index in [1.54, 1.807) is 18.2 Å². The third-order valence-corrected chi connectivity index (χ3v) is 4.47. The fourth-order valence-electron chi connectivity index (χ4n) is 2.91. The zero-order chi connectivity index (χ0) is 18.7. The molecule has 0 saturated carbocycles. The maximum Gasteiger partial charge on any atom is 0.340 e. The summed E-state index contributed by atoms with van der Waals surface area (Å²) >= 11 is 0. The number of carboxylic acid groups (broad SMARTS) is 1. The molecule has 0 aromatic heterocycles. The lowest BCUT2D eigenvalue weighted by Crippen LogP contribution is -2.39. The molecule has 0 fully saturated rings. The molecule has 2 aromatic rings. The van der Waals surface area contributed by atoms with Crippen LogP contribution >= 0.6 is 0 Å². The van der Waals surface area contributed by atoms with Gasteiger partial charge >= 0.3 is 5.97 Å². The van der Waals surface area contributed by atoms with E-state index in [1.807, 2.05) is 36.4 Å². The fraction of sp³-hybridized carbons (Fsp3) is 0.150. The number of nitrogens with zero attached hydrogens (tertiary/aromatic N) is 1. The number of non-ortho nitro benzene ring substituents is 1. The quantitative estimate of drug-likeness (QED) is 0.648. The summed E-state index contributed by atoms with van der Waals surface area (Å²) in [6, 6.07) is 14.0. The zero-order valence-electron chi connectivity index (χ0n) is 14.1. The van der Waals surface area contributed by atoms with Crippen LogP contribution in [0.15, 0.2) is 66.8 Å². The van der Waals surface area contributed by atoms with Gasteiger partial charge in [-0.15, -0.1) is 0 Å². The van der Waals surface area contributed by atoms with E-state index in [2.05, 4.69) is 0 Å². The van der Waals surface area contributed by atoms with Crippen LogP contribution in [0.5, 0.6) is 0 Å². The minimum Gasteiger partial charge on any atom is -0.479 e. The second kappa shape index (κ2) is 6.93. The van der Waals surface area contributed by atoms with Gasteiger partial charge in [-0.2, -0.15) is 0 Å². The molecule has 0 bridgehead atoms. The molecule has 1 aliphatic rings. The standard InChI is InChI=1S/C20H17NO5/c1-26-20(19(22)23)10-8-14(9-11-20)15-4-2-5-16(12-15)17-6-3-7-18(13-17)21(24)25/h2-10,12-13H,11H2,1H3,(H,22,23). The first kappa shape index (κ1) is 17.6. The highest BCUT2D eigenvalue weighted by Gasteiger charge is 2.36. The van der Waals surface area contributed by atoms with Gasteiger partial charge in [0.05, 0.1) is 4.92 Å². The van der Waals surface area contributed by atoms with E-state index in [4.69, 9.17) is 4.74 Å². The normalized spacial score (nSPS) is 19.0. The SMILES string of the molecule is COC1(C(=O)O)C=CC(c2cccc(-c3cccc([N+](=O)[O-])c3)c2)=CC1. The smallest absolute Gasteiger partial charge is 0.340 e. The summed E-state index contributed by atoms with van der Waals surface area (Å²) in [5.41, 5.74) is 2.09. The van der Waals surface area contributed by atoms with Crippen molar-refractivity contribution in [1.29, 1.82) is 0 Å². The maximum absolute atomic E-state index is 11.4. The van der Waals surface area contributed by atoms with Crippen molar-refractivity contribution in [3.8, 4) is 11.1 Å². The number of carbonyl (C=O) groups is 1. The van der Waals surface area contributed by atoms with Crippen LogP contribution in [-0.2, 0) is 9.53 Å². The molecule has 6 nitrogen and oxygen atoms in total. The van der Waals surface area contributed by atoms with Gasteiger partial charge in [0.1, 0.15) is 0 Å². The van der Waals surface area contributed by atoms with Crippen LogP contribution < -0.4 is 0 Å². The topological polar surface area (TPSA) is 89.7 Å². The van der Waals surface area contributed by atoms with Gasteiger partial charge in [-0.1, -0.05) is 42.5 Å². The van der Waals surface area contributed by atoms with E-state index in [-0.39, 0.29) is 12.1 Å². The average molecular weight is 351 g/mol. The number of hydrogen-bond acceptors (Lipinski definition) is 4. The molecule has 0 saturated heterocycles. The highest BCUT2D eigenvalue weighted by Crippen LogP contribution is 2.32. The summed E-state index contributed by atoms with van der Waals surface area (Å²) in [4.78, 5) is 22.0. The molecule has 0 heterocycles. The predicted molar refractivity (Wildman–Crippen MR) is 97.6 cm³/mol. The van der Waals surface area contributed by atoms with Crippen LogP contribution in [0.2, 0.25) is 0 Å². The van der Waals surface area contributed by atoms with Crippen molar-refractivity contribution >= 4 is 17.2 Å². The summed E-state index contributed by atoms with van der Waals surface area (Å²) in [6.07, 6.45) is 5.33. The summed E-state index contributed by atoms with van der Waals surface area (Å²) < 4.78 is 5.16. The number of methoxy groups -OCH3 is 1. The Kier molecular flexibility index (Phi) is 4.69. The Morgan fingerprint density at radius 3 is 2.38 bits per heavy atom. The number of allylic oxidation sites excluding steroid dienone is 2. The number of rotatable bonds is 5. The Morgan fingerprint density at radius 1 is 1.15 bits per heavy atom. The summed E-state index contributed by atoms with van der Waals surface area (Å²) in [7, 11) is 1.38. The van der Waals surface area contributed by atoms with Gasteiger partial charge in [0.25, 0.3) is 5.69 Å². The number of aliphatic carboxylic acids is 1. The Morgan fingerprint density at radius 2 is 1.81 bits per heavy atom. The van der Waals surface area contributed by atoms with Crippen LogP contribution in [0.25, 0.3) is 16.7 Å². The van der Waals surface area contributed by atoms with Crippen molar-refractivity contribution in [2.24, 2.45) is 0 Å². The second-order valence-corrected chi connectivity index (χ2v) is 5.98. The van der Waals surface area contributed by atoms with E-state index in [0.29, 0.717) is 0 Å². The Bertz CT molecular complexity index is 931. The lowest BCUT2D eigenvalue weighted by Gasteiger charge is -2.26. The summed E-state index contributed by atoms with van der Waals surface area (Å²) in [5.74, 6) is -1.03. The number of ether oxygens (including phenoxy) is 1. The molecule has 6 heteroatoms. The number of hydrogen-bond donors (Lipinski definition) is 1. The summed E-state index contributed by atoms with van der Waals surface area (Å²) in [6.45, 7) is 0. The summed E-state index contributed by atoms with van der Waals surface area (Å²) in [5, 5.41) is 20.3. The van der Waals surface area contributed by atoms with Crippen LogP contribution in [0, 0.1) is 10.1 Å². The first-order chi connectivity index (χ1) is 12.4. The molecule has 26 heavy (non-hydrogen) atoms. The third-order valence-electron chi connectivity index (χ3n) is 4.47. The van der Waals surface area contributed by atoms with E-state index in [9.17, 15) is 20.0 Å². The molecule has 1 atom stereocenters. The van der Waals surface area contributed by atoms with Crippen LogP contribution in [0.4, 0.5) is 5.69 Å². The van der Waals surface area contributed by atoms with Gasteiger partial charge in [0, 0.05) is 25.7 Å². The monoisotopic (exact) mass is 351 g/mol. The molecule has 0 radical (unpaired) electrons. The number of nitro benzene ring substituents is 1. The van der Waals surface area contributed by atoms with E-state index < -0.39 is 16.5 Å². The molecule has 2 aromatic carbocycles. The van der Waals surface area contributed by atoms with Crippen LogP contribution in [0.1, 0.15) is 12.0 Å². The molecule has 1 aliphatic carbocycles. The van der Waals surface area contributed by atoms with Crippen molar-refractivity contribution < 1.29 is 19.6 Å². The molecule has 3 rings (SSSR count). The van der Waals surface area contributed by atoms with Gasteiger partial charge < -0.3 is 9.84 Å². The van der Waals surface area contributed by atoms with Gasteiger partial charge in [-0.05, 0) is 34.4 Å².